The summed E-state index contributed by atoms with van der Waals surface area (Å²) in [5.74, 6) is 1.58. The number of unbranched alkanes of at least 4 members (excludes halogenated alkanes) is 1. The van der Waals surface area contributed by atoms with Crippen molar-refractivity contribution >= 4 is 45.8 Å². The molecule has 0 radical (unpaired) electrons. The Morgan fingerprint density at radius 3 is 2.76 bits per heavy atom. The van der Waals surface area contributed by atoms with Crippen molar-refractivity contribution in [3.8, 4) is 11.4 Å². The van der Waals surface area contributed by atoms with E-state index in [1.54, 1.807) is 24.2 Å². The predicted octanol–water partition coefficient (Wildman–Crippen LogP) is 5.34. The second kappa shape index (κ2) is 9.91. The minimum Gasteiger partial charge on any atom is -0.385 e. The van der Waals surface area contributed by atoms with Crippen molar-refractivity contribution in [3.05, 3.63) is 64.9 Å². The maximum atomic E-state index is 6.70. The van der Waals surface area contributed by atoms with Crippen LogP contribution in [0.3, 0.4) is 0 Å². The molecule has 0 atom stereocenters. The highest BCUT2D eigenvalue weighted by atomic mass is 35.5. The van der Waals surface area contributed by atoms with Crippen molar-refractivity contribution < 1.29 is 4.74 Å². The highest BCUT2D eigenvalue weighted by Gasteiger charge is 2.20. The molecule has 0 fully saturated rings. The first-order valence-corrected chi connectivity index (χ1v) is 12.1. The Bertz CT molecular complexity index is 1290. The summed E-state index contributed by atoms with van der Waals surface area (Å²) in [6.07, 6.45) is 5.62. The Hall–Kier alpha value is -2.94. The summed E-state index contributed by atoms with van der Waals surface area (Å²) in [6, 6.07) is 12.0. The second-order valence-electron chi connectivity index (χ2n) is 7.74. The van der Waals surface area contributed by atoms with Gasteiger partial charge in [-0.25, -0.2) is 4.98 Å². The number of halogens is 1. The first-order valence-electron chi connectivity index (χ1n) is 10.8. The van der Waals surface area contributed by atoms with Gasteiger partial charge in [-0.2, -0.15) is 9.97 Å². The smallest absolute Gasteiger partial charge is 0.224 e. The number of aromatic nitrogens is 4. The first kappa shape index (κ1) is 21.9. The highest BCUT2D eigenvalue weighted by molar-refractivity contribution is 7.99. The van der Waals surface area contributed by atoms with E-state index in [9.17, 15) is 0 Å². The second-order valence-corrected chi connectivity index (χ2v) is 9.21. The summed E-state index contributed by atoms with van der Waals surface area (Å²) >= 11 is 8.28. The van der Waals surface area contributed by atoms with E-state index in [1.165, 1.54) is 0 Å². The molecule has 9 heteroatoms. The number of anilines is 2. The van der Waals surface area contributed by atoms with E-state index < -0.39 is 0 Å². The number of pyridine rings is 1. The van der Waals surface area contributed by atoms with E-state index >= 15 is 0 Å². The van der Waals surface area contributed by atoms with Crippen LogP contribution in [0.25, 0.3) is 22.2 Å². The first-order chi connectivity index (χ1) is 16.2. The van der Waals surface area contributed by atoms with E-state index in [0.717, 1.165) is 58.3 Å². The SMILES string of the molecule is Nc1nc(SCCCCNc2ccncc2)nc(-c2c(Cl)cc3c4c(cccc24)COC3)n1. The Morgan fingerprint density at radius 1 is 1.03 bits per heavy atom. The largest absolute Gasteiger partial charge is 0.385 e. The van der Waals surface area contributed by atoms with E-state index in [1.807, 2.05) is 24.3 Å². The van der Waals surface area contributed by atoms with Crippen LogP contribution in [-0.2, 0) is 18.0 Å². The fourth-order valence-corrected chi connectivity index (χ4v) is 5.15. The molecule has 0 unspecified atom stereocenters. The molecule has 0 saturated heterocycles. The molecule has 1 aliphatic heterocycles. The lowest BCUT2D eigenvalue weighted by Crippen LogP contribution is -2.07. The predicted molar refractivity (Wildman–Crippen MR) is 133 cm³/mol. The van der Waals surface area contributed by atoms with Crippen LogP contribution in [-0.4, -0.2) is 32.2 Å². The molecular weight excluding hydrogens is 456 g/mol. The summed E-state index contributed by atoms with van der Waals surface area (Å²) in [6.45, 7) is 2.03. The van der Waals surface area contributed by atoms with E-state index in [-0.39, 0.29) is 5.95 Å². The van der Waals surface area contributed by atoms with Gasteiger partial charge in [-0.15, -0.1) is 0 Å². The van der Waals surface area contributed by atoms with Gasteiger partial charge in [0.1, 0.15) is 0 Å². The van der Waals surface area contributed by atoms with Crippen molar-refractivity contribution in [2.45, 2.75) is 31.2 Å². The van der Waals surface area contributed by atoms with E-state index in [2.05, 4.69) is 32.4 Å². The standard InChI is InChI=1S/C24H23ClN6OS/c25-19-12-16-14-32-13-15-4-3-5-18(20(15)16)21(19)22-29-23(26)31-24(30-22)33-11-2-1-8-28-17-6-9-27-10-7-17/h3-7,9-10,12H,1-2,8,11,13-14H2,(H,27,28)(H2,26,29,30,31). The summed E-state index contributed by atoms with van der Waals surface area (Å²) < 4.78 is 5.69. The van der Waals surface area contributed by atoms with Crippen LogP contribution < -0.4 is 11.1 Å². The van der Waals surface area contributed by atoms with Crippen LogP contribution in [0.2, 0.25) is 5.02 Å². The molecule has 5 rings (SSSR count). The quantitative estimate of drug-likeness (QED) is 0.259. The summed E-state index contributed by atoms with van der Waals surface area (Å²) in [5, 5.41) is 6.77. The van der Waals surface area contributed by atoms with Gasteiger partial charge in [0.15, 0.2) is 11.0 Å². The van der Waals surface area contributed by atoms with Gasteiger partial charge in [0.25, 0.3) is 0 Å². The molecular formula is C24H23ClN6OS. The number of nitrogens with zero attached hydrogens (tertiary/aromatic N) is 4. The maximum Gasteiger partial charge on any atom is 0.224 e. The van der Waals surface area contributed by atoms with Crippen LogP contribution in [0.15, 0.2) is 53.9 Å². The number of benzene rings is 2. The zero-order chi connectivity index (χ0) is 22.6. The number of hydrogen-bond acceptors (Lipinski definition) is 8. The normalized spacial score (nSPS) is 12.8. The van der Waals surface area contributed by atoms with Gasteiger partial charge >= 0.3 is 0 Å². The van der Waals surface area contributed by atoms with Gasteiger partial charge in [-0.3, -0.25) is 4.98 Å². The molecule has 3 heterocycles. The minimum atomic E-state index is 0.196. The number of ether oxygens (including phenoxy) is 1. The molecule has 0 amide bonds. The lowest BCUT2D eigenvalue weighted by atomic mass is 9.94. The third-order valence-corrected chi connectivity index (χ3v) is 6.70. The van der Waals surface area contributed by atoms with Crippen molar-refractivity contribution in [2.75, 3.05) is 23.3 Å². The number of nitrogen functional groups attached to an aromatic ring is 1. The lowest BCUT2D eigenvalue weighted by Gasteiger charge is -2.20. The molecule has 0 saturated carbocycles. The highest BCUT2D eigenvalue weighted by Crippen LogP contribution is 2.39. The fraction of sp³-hybridized carbons (Fsp3) is 0.250. The summed E-state index contributed by atoms with van der Waals surface area (Å²) in [5.41, 5.74) is 10.1. The van der Waals surface area contributed by atoms with Crippen LogP contribution in [0.5, 0.6) is 0 Å². The van der Waals surface area contributed by atoms with E-state index in [0.29, 0.717) is 29.2 Å². The fourth-order valence-electron chi connectivity index (χ4n) is 3.99. The molecule has 2 aromatic carbocycles. The maximum absolute atomic E-state index is 6.70. The van der Waals surface area contributed by atoms with Crippen molar-refractivity contribution in [1.82, 2.24) is 19.9 Å². The van der Waals surface area contributed by atoms with Crippen molar-refractivity contribution in [2.24, 2.45) is 0 Å². The Kier molecular flexibility index (Phi) is 6.57. The van der Waals surface area contributed by atoms with Crippen LogP contribution in [0, 0.1) is 0 Å². The number of nitrogens with one attached hydrogen (secondary N) is 1. The van der Waals surface area contributed by atoms with Crippen molar-refractivity contribution in [3.63, 3.8) is 0 Å². The topological polar surface area (TPSA) is 98.8 Å². The summed E-state index contributed by atoms with van der Waals surface area (Å²) in [7, 11) is 0. The lowest BCUT2D eigenvalue weighted by molar-refractivity contribution is 0.103. The summed E-state index contributed by atoms with van der Waals surface area (Å²) in [4.78, 5) is 17.5. The van der Waals surface area contributed by atoms with Gasteiger partial charge < -0.3 is 15.8 Å². The van der Waals surface area contributed by atoms with Crippen LogP contribution >= 0.6 is 23.4 Å². The number of rotatable bonds is 8. The average molecular weight is 479 g/mol. The number of thioether (sulfide) groups is 1. The monoisotopic (exact) mass is 478 g/mol. The van der Waals surface area contributed by atoms with Gasteiger partial charge in [0.05, 0.1) is 18.2 Å². The molecule has 4 aromatic rings. The Balaban J connectivity index is 1.31. The molecule has 0 bridgehead atoms. The third kappa shape index (κ3) is 4.88. The van der Waals surface area contributed by atoms with Crippen LogP contribution in [0.4, 0.5) is 11.6 Å². The zero-order valence-electron chi connectivity index (χ0n) is 17.9. The number of hydrogen-bond donors (Lipinski definition) is 2. The molecule has 0 aliphatic carbocycles. The molecule has 2 aromatic heterocycles. The van der Waals surface area contributed by atoms with E-state index in [4.69, 9.17) is 27.1 Å². The molecule has 33 heavy (non-hydrogen) atoms. The Labute approximate surface area is 201 Å². The molecule has 3 N–H and O–H groups in total. The minimum absolute atomic E-state index is 0.196. The Morgan fingerprint density at radius 2 is 1.88 bits per heavy atom. The molecule has 168 valence electrons. The van der Waals surface area contributed by atoms with Gasteiger partial charge in [0.2, 0.25) is 5.95 Å². The third-order valence-electron chi connectivity index (χ3n) is 5.46. The van der Waals surface area contributed by atoms with Gasteiger partial charge in [-0.05, 0) is 52.9 Å². The molecule has 0 spiro atoms. The molecule has 7 nitrogen and oxygen atoms in total. The van der Waals surface area contributed by atoms with Gasteiger partial charge in [-0.1, -0.05) is 41.6 Å². The van der Waals surface area contributed by atoms with Crippen molar-refractivity contribution in [1.29, 1.82) is 0 Å². The average Bonchev–Trinajstić information content (AvgIpc) is 2.82. The number of nitrogens with two attached hydrogens (primary N) is 1. The van der Waals surface area contributed by atoms with Crippen LogP contribution in [0.1, 0.15) is 24.0 Å². The molecule has 1 aliphatic rings. The zero-order valence-corrected chi connectivity index (χ0v) is 19.5. The van der Waals surface area contributed by atoms with Gasteiger partial charge in [0, 0.05) is 35.9 Å².